The van der Waals surface area contributed by atoms with Crippen LogP contribution in [0.3, 0.4) is 0 Å². The van der Waals surface area contributed by atoms with Gasteiger partial charge in [-0.25, -0.2) is 4.98 Å². The van der Waals surface area contributed by atoms with Gasteiger partial charge >= 0.3 is 0 Å². The van der Waals surface area contributed by atoms with Crippen molar-refractivity contribution in [3.8, 4) is 23.1 Å². The van der Waals surface area contributed by atoms with Gasteiger partial charge in [-0.3, -0.25) is 0 Å². The molecule has 0 aliphatic heterocycles. The molecular weight excluding hydrogens is 346 g/mol. The van der Waals surface area contributed by atoms with Gasteiger partial charge in [-0.05, 0) is 51.0 Å². The number of nitrogens with zero attached hydrogens (tertiary/aromatic N) is 2. The highest BCUT2D eigenvalue weighted by atomic mass is 16.3. The molecule has 2 rings (SSSR count). The second-order valence-electron chi connectivity index (χ2n) is 6.51. The van der Waals surface area contributed by atoms with Crippen molar-refractivity contribution in [1.29, 1.82) is 5.26 Å². The third kappa shape index (κ3) is 6.97. The van der Waals surface area contributed by atoms with Crippen LogP contribution in [0.25, 0.3) is 11.3 Å². The number of para-hydroxylation sites is 1. The number of aromatic hydroxyl groups is 1. The van der Waals surface area contributed by atoms with Gasteiger partial charge in [0.1, 0.15) is 17.6 Å². The highest BCUT2D eigenvalue weighted by Crippen LogP contribution is 2.30. The lowest BCUT2D eigenvalue weighted by atomic mass is 10.0. The largest absolute Gasteiger partial charge is 0.507 e. The van der Waals surface area contributed by atoms with Crippen molar-refractivity contribution < 1.29 is 5.11 Å². The molecule has 1 aromatic carbocycles. The zero-order valence-corrected chi connectivity index (χ0v) is 16.7. The molecule has 2 aromatic rings. The summed E-state index contributed by atoms with van der Waals surface area (Å²) in [6.45, 7) is 13.2. The number of nitrogen functional groups attached to an aromatic ring is 1. The minimum Gasteiger partial charge on any atom is -0.507 e. The third-order valence-electron chi connectivity index (χ3n) is 3.58. The molecule has 1 aromatic heterocycles. The minimum absolute atomic E-state index is 0.125. The first-order valence-electron chi connectivity index (χ1n) is 8.86. The summed E-state index contributed by atoms with van der Waals surface area (Å²) in [4.78, 5) is 4.25. The van der Waals surface area contributed by atoms with Crippen molar-refractivity contribution in [3.63, 3.8) is 0 Å². The molecule has 0 atom stereocenters. The molecule has 0 saturated carbocycles. The SMILES string of the molecule is C=C(C)C.C=C/C(C)=C\C=C/Cc1cc(-c2ccccc2O)nc(N)c1C#N. The Labute approximate surface area is 167 Å². The van der Waals surface area contributed by atoms with Crippen molar-refractivity contribution in [1.82, 2.24) is 4.98 Å². The van der Waals surface area contributed by atoms with E-state index >= 15 is 0 Å². The summed E-state index contributed by atoms with van der Waals surface area (Å²) in [5.74, 6) is 0.291. The number of anilines is 1. The first-order chi connectivity index (χ1) is 13.3. The van der Waals surface area contributed by atoms with Crippen LogP contribution in [0.5, 0.6) is 5.75 Å². The fourth-order valence-electron chi connectivity index (χ4n) is 2.22. The predicted molar refractivity (Wildman–Crippen MR) is 118 cm³/mol. The van der Waals surface area contributed by atoms with E-state index in [4.69, 9.17) is 5.73 Å². The lowest BCUT2D eigenvalue weighted by molar-refractivity contribution is 0.477. The van der Waals surface area contributed by atoms with Crippen molar-refractivity contribution >= 4 is 5.82 Å². The van der Waals surface area contributed by atoms with E-state index in [0.717, 1.165) is 11.1 Å². The zero-order chi connectivity index (χ0) is 21.1. The maximum atomic E-state index is 10.00. The highest BCUT2D eigenvalue weighted by molar-refractivity contribution is 5.71. The Kier molecular flexibility index (Phi) is 8.98. The summed E-state index contributed by atoms with van der Waals surface area (Å²) in [6, 6.07) is 10.8. The average molecular weight is 374 g/mol. The summed E-state index contributed by atoms with van der Waals surface area (Å²) in [7, 11) is 0. The van der Waals surface area contributed by atoms with Crippen LogP contribution in [-0.4, -0.2) is 10.1 Å². The van der Waals surface area contributed by atoms with E-state index in [9.17, 15) is 10.4 Å². The minimum atomic E-state index is 0.125. The Morgan fingerprint density at radius 1 is 1.29 bits per heavy atom. The van der Waals surface area contributed by atoms with E-state index < -0.39 is 0 Å². The summed E-state index contributed by atoms with van der Waals surface area (Å²) < 4.78 is 0. The highest BCUT2D eigenvalue weighted by Gasteiger charge is 2.12. The van der Waals surface area contributed by atoms with Gasteiger partial charge in [0.05, 0.1) is 11.3 Å². The fourth-order valence-corrected chi connectivity index (χ4v) is 2.22. The molecule has 0 radical (unpaired) electrons. The van der Waals surface area contributed by atoms with Gasteiger partial charge in [0.25, 0.3) is 0 Å². The van der Waals surface area contributed by atoms with Crippen LogP contribution in [0.15, 0.2) is 78.9 Å². The van der Waals surface area contributed by atoms with Crippen molar-refractivity contribution in [3.05, 3.63) is 90.1 Å². The molecule has 0 fully saturated rings. The molecule has 4 heteroatoms. The van der Waals surface area contributed by atoms with Crippen molar-refractivity contribution in [2.75, 3.05) is 5.73 Å². The Bertz CT molecular complexity index is 943. The second-order valence-corrected chi connectivity index (χ2v) is 6.51. The van der Waals surface area contributed by atoms with Gasteiger partial charge in [-0.15, -0.1) is 6.58 Å². The Morgan fingerprint density at radius 3 is 2.50 bits per heavy atom. The number of phenolic OH excluding ortho intramolecular Hbond substituents is 1. The Morgan fingerprint density at radius 2 is 1.93 bits per heavy atom. The van der Waals surface area contributed by atoms with Crippen molar-refractivity contribution in [2.45, 2.75) is 27.2 Å². The predicted octanol–water partition coefficient (Wildman–Crippen LogP) is 5.72. The molecule has 144 valence electrons. The zero-order valence-electron chi connectivity index (χ0n) is 16.7. The summed E-state index contributed by atoms with van der Waals surface area (Å²) in [6.07, 6.45) is 8.10. The van der Waals surface area contributed by atoms with Crippen LogP contribution >= 0.6 is 0 Å². The molecule has 0 spiro atoms. The number of phenols is 1. The maximum Gasteiger partial charge on any atom is 0.142 e. The van der Waals surface area contributed by atoms with Crippen LogP contribution in [0, 0.1) is 11.3 Å². The lowest BCUT2D eigenvalue weighted by Crippen LogP contribution is -2.01. The first-order valence-corrected chi connectivity index (χ1v) is 8.86. The van der Waals surface area contributed by atoms with Crippen LogP contribution in [0.4, 0.5) is 5.82 Å². The van der Waals surface area contributed by atoms with E-state index in [1.807, 2.05) is 45.1 Å². The quantitative estimate of drug-likeness (QED) is 0.518. The number of benzene rings is 1. The maximum absolute atomic E-state index is 10.00. The number of hydrogen-bond donors (Lipinski definition) is 2. The van der Waals surface area contributed by atoms with Crippen LogP contribution < -0.4 is 5.73 Å². The number of pyridine rings is 1. The van der Waals surface area contributed by atoms with E-state index in [0.29, 0.717) is 23.2 Å². The molecule has 0 unspecified atom stereocenters. The third-order valence-corrected chi connectivity index (χ3v) is 3.58. The summed E-state index contributed by atoms with van der Waals surface area (Å²) >= 11 is 0. The van der Waals surface area contributed by atoms with E-state index in [1.165, 1.54) is 5.57 Å². The number of aromatic nitrogens is 1. The second kappa shape index (κ2) is 11.2. The number of nitriles is 1. The monoisotopic (exact) mass is 373 g/mol. The van der Waals surface area contributed by atoms with E-state index in [-0.39, 0.29) is 11.6 Å². The standard InChI is InChI=1S/C20H19N3O.C4H8/c1-3-14(2)8-4-5-9-15-12-18(23-20(22)17(15)13-21)16-10-6-7-11-19(16)24;1-4(2)3/h3-8,10-12,24H,1,9H2,2H3,(H2,22,23);1H2,2-3H3/b5-4-,14-8-;. The molecule has 0 saturated heterocycles. The number of rotatable bonds is 5. The van der Waals surface area contributed by atoms with Gasteiger partial charge in [-0.1, -0.05) is 54.2 Å². The lowest BCUT2D eigenvalue weighted by Gasteiger charge is -2.09. The van der Waals surface area contributed by atoms with Crippen LogP contribution in [0.2, 0.25) is 0 Å². The first kappa shape index (κ1) is 22.5. The summed E-state index contributed by atoms with van der Waals surface area (Å²) in [5, 5.41) is 19.3. The van der Waals surface area contributed by atoms with E-state index in [1.54, 1.807) is 30.3 Å². The van der Waals surface area contributed by atoms with Gasteiger partial charge in [0.2, 0.25) is 0 Å². The van der Waals surface area contributed by atoms with Gasteiger partial charge in [-0.2, -0.15) is 5.26 Å². The summed E-state index contributed by atoms with van der Waals surface area (Å²) in [5.41, 5.74) is 10.4. The molecule has 3 N–H and O–H groups in total. The van der Waals surface area contributed by atoms with Crippen LogP contribution in [0.1, 0.15) is 31.9 Å². The molecule has 4 nitrogen and oxygen atoms in total. The Balaban J connectivity index is 0.000000892. The number of allylic oxidation sites excluding steroid dienone is 6. The van der Waals surface area contributed by atoms with Crippen LogP contribution in [-0.2, 0) is 6.42 Å². The fraction of sp³-hybridized carbons (Fsp3) is 0.167. The normalized spacial score (nSPS) is 10.7. The Hall–Kier alpha value is -3.58. The molecular formula is C24H27N3O. The molecule has 0 amide bonds. The molecule has 1 heterocycles. The number of hydrogen-bond acceptors (Lipinski definition) is 4. The molecule has 0 aliphatic rings. The van der Waals surface area contributed by atoms with Crippen molar-refractivity contribution in [2.24, 2.45) is 0 Å². The number of nitrogens with two attached hydrogens (primary N) is 1. The van der Waals surface area contributed by atoms with Gasteiger partial charge < -0.3 is 10.8 Å². The van der Waals surface area contributed by atoms with Gasteiger partial charge in [0, 0.05) is 5.56 Å². The average Bonchev–Trinajstić information content (AvgIpc) is 2.64. The topological polar surface area (TPSA) is 82.9 Å². The molecule has 28 heavy (non-hydrogen) atoms. The molecule has 0 bridgehead atoms. The van der Waals surface area contributed by atoms with E-state index in [2.05, 4.69) is 24.2 Å². The molecule has 0 aliphatic carbocycles. The van der Waals surface area contributed by atoms with Gasteiger partial charge in [0.15, 0.2) is 0 Å². The smallest absolute Gasteiger partial charge is 0.142 e.